The van der Waals surface area contributed by atoms with Crippen LogP contribution in [0.2, 0.25) is 0 Å². The normalized spacial score (nSPS) is 11.8. The summed E-state index contributed by atoms with van der Waals surface area (Å²) < 4.78 is 6.53. The molecular weight excluding hydrogens is 378 g/mol. The maximum absolute atomic E-state index is 11.0. The zero-order valence-electron chi connectivity index (χ0n) is 12.7. The van der Waals surface area contributed by atoms with Crippen LogP contribution in [0.15, 0.2) is 57.9 Å². The molecule has 0 heterocycles. The first-order chi connectivity index (χ1) is 11.0. The fourth-order valence-electron chi connectivity index (χ4n) is 1.80. The van der Waals surface area contributed by atoms with Crippen molar-refractivity contribution >= 4 is 39.3 Å². The predicted molar refractivity (Wildman–Crippen MR) is 97.1 cm³/mol. The molecule has 1 atom stereocenters. The molecule has 4 nitrogen and oxygen atoms in total. The molecule has 6 heteroatoms. The molecule has 23 heavy (non-hydrogen) atoms. The number of hydrogen-bond acceptors (Lipinski definition) is 4. The molecule has 0 aromatic heterocycles. The zero-order chi connectivity index (χ0) is 16.7. The molecule has 0 saturated carbocycles. The highest BCUT2D eigenvalue weighted by molar-refractivity contribution is 9.10. The molecule has 2 aromatic carbocycles. The topological polar surface area (TPSA) is 58.6 Å². The Balaban J connectivity index is 1.74. The van der Waals surface area contributed by atoms with Crippen molar-refractivity contribution in [3.05, 3.63) is 53.0 Å². The van der Waals surface area contributed by atoms with Gasteiger partial charge in [-0.25, -0.2) is 0 Å². The van der Waals surface area contributed by atoms with Gasteiger partial charge in [0.15, 0.2) is 0 Å². The third kappa shape index (κ3) is 6.64. The van der Waals surface area contributed by atoms with Crippen LogP contribution in [0.3, 0.4) is 0 Å². The highest BCUT2D eigenvalue weighted by Crippen LogP contribution is 2.22. The molecule has 0 spiro atoms. The predicted octanol–water partition coefficient (Wildman–Crippen LogP) is 3.94. The summed E-state index contributed by atoms with van der Waals surface area (Å²) in [5.74, 6) is 1.18. The minimum absolute atomic E-state index is 0.0917. The number of halogens is 1. The van der Waals surface area contributed by atoms with Crippen molar-refractivity contribution in [3.63, 3.8) is 0 Å². The summed E-state index contributed by atoms with van der Waals surface area (Å²) in [6, 6.07) is 15.0. The van der Waals surface area contributed by atoms with Crippen LogP contribution < -0.4 is 10.1 Å². The van der Waals surface area contributed by atoms with Gasteiger partial charge in [-0.15, -0.1) is 11.8 Å². The van der Waals surface area contributed by atoms with Gasteiger partial charge in [0.05, 0.1) is 6.10 Å². The van der Waals surface area contributed by atoms with Crippen LogP contribution in [-0.2, 0) is 4.79 Å². The maximum atomic E-state index is 11.0. The Labute approximate surface area is 148 Å². The van der Waals surface area contributed by atoms with Crippen LogP contribution in [0.1, 0.15) is 6.92 Å². The highest BCUT2D eigenvalue weighted by Gasteiger charge is 2.07. The monoisotopic (exact) mass is 395 g/mol. The van der Waals surface area contributed by atoms with E-state index in [9.17, 15) is 9.90 Å². The second kappa shape index (κ2) is 8.96. The van der Waals surface area contributed by atoms with Crippen molar-refractivity contribution in [3.8, 4) is 5.75 Å². The van der Waals surface area contributed by atoms with Gasteiger partial charge in [-0.05, 0) is 48.5 Å². The Hall–Kier alpha value is -1.50. The van der Waals surface area contributed by atoms with Crippen LogP contribution in [0.25, 0.3) is 0 Å². The fraction of sp³-hybridized carbons (Fsp3) is 0.235. The van der Waals surface area contributed by atoms with Crippen LogP contribution in [0.5, 0.6) is 5.75 Å². The van der Waals surface area contributed by atoms with Crippen LogP contribution in [0.4, 0.5) is 5.69 Å². The Bertz CT molecular complexity index is 631. The molecule has 0 unspecified atom stereocenters. The first-order valence-electron chi connectivity index (χ1n) is 7.10. The Morgan fingerprint density at radius 1 is 1.22 bits per heavy atom. The third-order valence-corrected chi connectivity index (χ3v) is 4.56. The lowest BCUT2D eigenvalue weighted by atomic mass is 10.3. The van der Waals surface area contributed by atoms with Gasteiger partial charge < -0.3 is 15.2 Å². The number of aliphatic hydroxyl groups is 1. The summed E-state index contributed by atoms with van der Waals surface area (Å²) in [6.45, 7) is 1.73. The van der Waals surface area contributed by atoms with Crippen molar-refractivity contribution in [2.24, 2.45) is 0 Å². The summed E-state index contributed by atoms with van der Waals surface area (Å²) >= 11 is 4.91. The average Bonchev–Trinajstić information content (AvgIpc) is 2.53. The fourth-order valence-corrected chi connectivity index (χ4v) is 2.88. The lowest BCUT2D eigenvalue weighted by molar-refractivity contribution is -0.114. The van der Waals surface area contributed by atoms with E-state index in [0.29, 0.717) is 5.75 Å². The average molecular weight is 396 g/mol. The van der Waals surface area contributed by atoms with Gasteiger partial charge in [-0.3, -0.25) is 4.79 Å². The minimum atomic E-state index is -0.557. The molecule has 2 rings (SSSR count). The smallest absolute Gasteiger partial charge is 0.221 e. The summed E-state index contributed by atoms with van der Waals surface area (Å²) in [7, 11) is 0. The Kier molecular flexibility index (Phi) is 6.95. The molecule has 2 N–H and O–H groups in total. The second-order valence-corrected chi connectivity index (χ2v) is 6.94. The molecule has 0 aliphatic heterocycles. The van der Waals surface area contributed by atoms with Gasteiger partial charge in [0.2, 0.25) is 5.91 Å². The van der Waals surface area contributed by atoms with Gasteiger partial charge in [0.25, 0.3) is 0 Å². The Morgan fingerprint density at radius 2 is 1.87 bits per heavy atom. The first-order valence-corrected chi connectivity index (χ1v) is 8.87. The molecule has 0 aliphatic carbocycles. The van der Waals surface area contributed by atoms with Gasteiger partial charge in [-0.1, -0.05) is 15.9 Å². The van der Waals surface area contributed by atoms with Crippen molar-refractivity contribution in [1.29, 1.82) is 0 Å². The van der Waals surface area contributed by atoms with E-state index in [0.717, 1.165) is 20.8 Å². The van der Waals surface area contributed by atoms with Gasteiger partial charge in [0.1, 0.15) is 12.4 Å². The number of ether oxygens (including phenoxy) is 1. The third-order valence-electron chi connectivity index (χ3n) is 2.87. The number of rotatable bonds is 7. The van der Waals surface area contributed by atoms with Crippen molar-refractivity contribution < 1.29 is 14.6 Å². The minimum Gasteiger partial charge on any atom is -0.491 e. The molecule has 0 fully saturated rings. The Morgan fingerprint density at radius 3 is 2.48 bits per heavy atom. The van der Waals surface area contributed by atoms with Crippen LogP contribution in [0, 0.1) is 0 Å². The number of anilines is 1. The van der Waals surface area contributed by atoms with Gasteiger partial charge in [-0.2, -0.15) is 0 Å². The van der Waals surface area contributed by atoms with Crippen LogP contribution >= 0.6 is 27.7 Å². The molecule has 0 saturated heterocycles. The number of carbonyl (C=O) groups excluding carboxylic acids is 1. The van der Waals surface area contributed by atoms with E-state index < -0.39 is 6.10 Å². The lowest BCUT2D eigenvalue weighted by Gasteiger charge is -2.12. The van der Waals surface area contributed by atoms with Crippen molar-refractivity contribution in [2.45, 2.75) is 17.9 Å². The highest BCUT2D eigenvalue weighted by atomic mass is 79.9. The quantitative estimate of drug-likeness (QED) is 0.697. The standard InChI is InChI=1S/C17H18BrNO3S/c1-12(20)19-14-4-8-17(9-5-14)23-11-15(21)10-22-16-6-2-13(18)3-7-16/h2-9,15,21H,10-11H2,1H3,(H,19,20)/t15-/m0/s1. The maximum Gasteiger partial charge on any atom is 0.221 e. The number of aliphatic hydroxyl groups excluding tert-OH is 1. The second-order valence-electron chi connectivity index (χ2n) is 4.94. The number of benzene rings is 2. The lowest BCUT2D eigenvalue weighted by Crippen LogP contribution is -2.20. The van der Waals surface area contributed by atoms with E-state index in [1.807, 2.05) is 48.5 Å². The molecule has 1 amide bonds. The first kappa shape index (κ1) is 17.8. The molecule has 0 bridgehead atoms. The molecule has 2 aromatic rings. The van der Waals surface area contributed by atoms with E-state index in [-0.39, 0.29) is 12.5 Å². The van der Waals surface area contributed by atoms with E-state index >= 15 is 0 Å². The van der Waals surface area contributed by atoms with Crippen molar-refractivity contribution in [1.82, 2.24) is 0 Å². The van der Waals surface area contributed by atoms with E-state index in [1.54, 1.807) is 11.8 Å². The summed E-state index contributed by atoms with van der Waals surface area (Å²) in [4.78, 5) is 12.0. The van der Waals surface area contributed by atoms with Crippen molar-refractivity contribution in [2.75, 3.05) is 17.7 Å². The molecular formula is C17H18BrNO3S. The van der Waals surface area contributed by atoms with Gasteiger partial charge >= 0.3 is 0 Å². The summed E-state index contributed by atoms with van der Waals surface area (Å²) in [6.07, 6.45) is -0.557. The van der Waals surface area contributed by atoms with Crippen LogP contribution in [-0.4, -0.2) is 29.5 Å². The molecule has 0 radical (unpaired) electrons. The molecule has 122 valence electrons. The number of nitrogens with one attached hydrogen (secondary N) is 1. The van der Waals surface area contributed by atoms with Gasteiger partial charge in [0, 0.05) is 27.7 Å². The number of amides is 1. The number of thioether (sulfide) groups is 1. The number of hydrogen-bond donors (Lipinski definition) is 2. The summed E-state index contributed by atoms with van der Waals surface area (Å²) in [5.41, 5.74) is 0.765. The van der Waals surface area contributed by atoms with E-state index in [4.69, 9.17) is 4.74 Å². The largest absolute Gasteiger partial charge is 0.491 e. The zero-order valence-corrected chi connectivity index (χ0v) is 15.1. The number of carbonyl (C=O) groups is 1. The SMILES string of the molecule is CC(=O)Nc1ccc(SC[C@@H](O)COc2ccc(Br)cc2)cc1. The van der Waals surface area contributed by atoms with E-state index in [2.05, 4.69) is 21.2 Å². The molecule has 0 aliphatic rings. The van der Waals surface area contributed by atoms with E-state index in [1.165, 1.54) is 6.92 Å². The summed E-state index contributed by atoms with van der Waals surface area (Å²) in [5, 5.41) is 12.7.